The molecular weight excluding hydrogens is 220 g/mol. The summed E-state index contributed by atoms with van der Waals surface area (Å²) in [5.41, 5.74) is 2.86. The maximum Gasteiger partial charge on any atom is 0.201 e. The van der Waals surface area contributed by atoms with Gasteiger partial charge in [-0.05, 0) is 43.4 Å². The number of aromatic hydroxyl groups is 1. The smallest absolute Gasteiger partial charge is 0.201 e. The van der Waals surface area contributed by atoms with Gasteiger partial charge >= 0.3 is 0 Å². The highest BCUT2D eigenvalue weighted by Gasteiger charge is 2.20. The topological polar surface area (TPSA) is 58.9 Å². The molecule has 1 aromatic rings. The van der Waals surface area contributed by atoms with Crippen LogP contribution in [0.4, 0.5) is 0 Å². The Kier molecular flexibility index (Phi) is 4.63. The van der Waals surface area contributed by atoms with Gasteiger partial charge in [-0.25, -0.2) is 0 Å². The van der Waals surface area contributed by atoms with Gasteiger partial charge in [-0.2, -0.15) is 0 Å². The number of benzene rings is 1. The quantitative estimate of drug-likeness (QED) is 0.826. The third-order valence-corrected chi connectivity index (χ3v) is 3.01. The minimum absolute atomic E-state index is 0.0396. The second-order valence-corrected chi connectivity index (χ2v) is 3.97. The summed E-state index contributed by atoms with van der Waals surface area (Å²) in [7, 11) is 3.04. The average molecular weight is 240 g/mol. The molecule has 0 radical (unpaired) electrons. The molecule has 0 saturated carbocycles. The summed E-state index contributed by atoms with van der Waals surface area (Å²) in [6.45, 7) is 3.94. The van der Waals surface area contributed by atoms with Crippen LogP contribution in [0.25, 0.3) is 0 Å². The van der Waals surface area contributed by atoms with Crippen LogP contribution in [0.15, 0.2) is 0 Å². The summed E-state index contributed by atoms with van der Waals surface area (Å²) in [6, 6.07) is 0. The Morgan fingerprint density at radius 3 is 1.82 bits per heavy atom. The zero-order valence-corrected chi connectivity index (χ0v) is 10.8. The summed E-state index contributed by atoms with van der Waals surface area (Å²) < 4.78 is 10.4. The van der Waals surface area contributed by atoms with Gasteiger partial charge in [-0.1, -0.05) is 0 Å². The molecule has 0 aliphatic rings. The maximum absolute atomic E-state index is 10.0. The molecule has 0 atom stereocenters. The molecule has 0 fully saturated rings. The van der Waals surface area contributed by atoms with E-state index in [-0.39, 0.29) is 12.4 Å². The predicted octanol–water partition coefficient (Wildman–Crippen LogP) is 1.95. The molecule has 4 nitrogen and oxygen atoms in total. The largest absolute Gasteiger partial charge is 0.502 e. The minimum Gasteiger partial charge on any atom is -0.502 e. The number of methoxy groups -OCH3 is 2. The number of hydrogen-bond donors (Lipinski definition) is 2. The Bertz CT molecular complexity index is 368. The molecule has 0 aliphatic heterocycles. The maximum atomic E-state index is 10.0. The van der Waals surface area contributed by atoms with Crippen LogP contribution in [-0.4, -0.2) is 31.0 Å². The molecule has 0 heterocycles. The first-order valence-electron chi connectivity index (χ1n) is 5.62. The molecule has 0 aromatic heterocycles. The van der Waals surface area contributed by atoms with Crippen molar-refractivity contribution in [3.63, 3.8) is 0 Å². The summed E-state index contributed by atoms with van der Waals surface area (Å²) in [4.78, 5) is 0. The molecule has 0 unspecified atom stereocenters. The fourth-order valence-corrected chi connectivity index (χ4v) is 2.14. The van der Waals surface area contributed by atoms with Crippen LogP contribution in [0, 0.1) is 13.8 Å². The van der Waals surface area contributed by atoms with Crippen molar-refractivity contribution < 1.29 is 19.7 Å². The van der Waals surface area contributed by atoms with Gasteiger partial charge in [0.1, 0.15) is 0 Å². The third-order valence-electron chi connectivity index (χ3n) is 3.01. The molecule has 0 spiro atoms. The molecule has 0 amide bonds. The van der Waals surface area contributed by atoms with E-state index in [1.54, 1.807) is 0 Å². The fraction of sp³-hybridized carbons (Fsp3) is 0.538. The number of hydrogen-bond acceptors (Lipinski definition) is 4. The lowest BCUT2D eigenvalue weighted by molar-refractivity contribution is 0.288. The van der Waals surface area contributed by atoms with Gasteiger partial charge in [-0.3, -0.25) is 0 Å². The van der Waals surface area contributed by atoms with Crippen molar-refractivity contribution in [3.05, 3.63) is 16.7 Å². The first-order valence-corrected chi connectivity index (χ1v) is 5.62. The van der Waals surface area contributed by atoms with Gasteiger partial charge in [-0.15, -0.1) is 0 Å². The van der Waals surface area contributed by atoms with E-state index in [0.717, 1.165) is 23.1 Å². The number of phenolic OH excluding ortho intramolecular Hbond substituents is 1. The van der Waals surface area contributed by atoms with Crippen molar-refractivity contribution in [3.8, 4) is 17.2 Å². The standard InChI is InChI=1S/C13H20O4/c1-8-10(6-5-7-14)9(2)13(17-4)11(15)12(8)16-3/h14-15H,5-7H2,1-4H3. The number of phenols is 1. The van der Waals surface area contributed by atoms with Crippen LogP contribution in [0.2, 0.25) is 0 Å². The van der Waals surface area contributed by atoms with Crippen LogP contribution in [0.3, 0.4) is 0 Å². The van der Waals surface area contributed by atoms with E-state index >= 15 is 0 Å². The highest BCUT2D eigenvalue weighted by molar-refractivity contribution is 5.62. The zero-order chi connectivity index (χ0) is 13.0. The van der Waals surface area contributed by atoms with Crippen molar-refractivity contribution >= 4 is 0 Å². The lowest BCUT2D eigenvalue weighted by Crippen LogP contribution is -2.02. The first kappa shape index (κ1) is 13.6. The Hall–Kier alpha value is -1.42. The first-order chi connectivity index (χ1) is 8.08. The molecule has 96 valence electrons. The number of aliphatic hydroxyl groups excluding tert-OH is 1. The molecule has 0 saturated heterocycles. The molecule has 17 heavy (non-hydrogen) atoms. The van der Waals surface area contributed by atoms with E-state index in [1.165, 1.54) is 14.2 Å². The van der Waals surface area contributed by atoms with E-state index in [4.69, 9.17) is 14.6 Å². The highest BCUT2D eigenvalue weighted by atomic mass is 16.5. The van der Waals surface area contributed by atoms with Crippen molar-refractivity contribution in [2.75, 3.05) is 20.8 Å². The van der Waals surface area contributed by atoms with Gasteiger partial charge in [0, 0.05) is 6.61 Å². The van der Waals surface area contributed by atoms with E-state index in [9.17, 15) is 5.11 Å². The van der Waals surface area contributed by atoms with Crippen LogP contribution in [0.1, 0.15) is 23.1 Å². The summed E-state index contributed by atoms with van der Waals surface area (Å²) in [5, 5.41) is 18.9. The molecule has 0 aliphatic carbocycles. The summed E-state index contributed by atoms with van der Waals surface area (Å²) in [5.74, 6) is 0.929. The van der Waals surface area contributed by atoms with Gasteiger partial charge in [0.05, 0.1) is 14.2 Å². The second-order valence-electron chi connectivity index (χ2n) is 3.97. The second kappa shape index (κ2) is 5.77. The van der Waals surface area contributed by atoms with Crippen molar-refractivity contribution in [1.82, 2.24) is 0 Å². The monoisotopic (exact) mass is 240 g/mol. The Morgan fingerprint density at radius 2 is 1.47 bits per heavy atom. The van der Waals surface area contributed by atoms with Crippen molar-refractivity contribution in [1.29, 1.82) is 0 Å². The van der Waals surface area contributed by atoms with Gasteiger partial charge in [0.25, 0.3) is 0 Å². The summed E-state index contributed by atoms with van der Waals surface area (Å²) >= 11 is 0. The highest BCUT2D eigenvalue weighted by Crippen LogP contribution is 2.44. The Labute approximate surface area is 102 Å². The summed E-state index contributed by atoms with van der Waals surface area (Å²) in [6.07, 6.45) is 1.42. The van der Waals surface area contributed by atoms with E-state index < -0.39 is 0 Å². The molecule has 1 aromatic carbocycles. The predicted molar refractivity (Wildman–Crippen MR) is 66.1 cm³/mol. The molecule has 1 rings (SSSR count). The zero-order valence-electron chi connectivity index (χ0n) is 10.8. The normalized spacial score (nSPS) is 10.4. The SMILES string of the molecule is COc1c(C)c(CCCO)c(C)c(OC)c1O. The lowest BCUT2D eigenvalue weighted by Gasteiger charge is -2.18. The van der Waals surface area contributed by atoms with Gasteiger partial charge < -0.3 is 19.7 Å². The lowest BCUT2D eigenvalue weighted by atomic mass is 9.96. The van der Waals surface area contributed by atoms with E-state index in [2.05, 4.69) is 0 Å². The Balaban J connectivity index is 3.37. The minimum atomic E-state index is 0.0396. The molecular formula is C13H20O4. The third kappa shape index (κ3) is 2.47. The van der Waals surface area contributed by atoms with Crippen molar-refractivity contribution in [2.24, 2.45) is 0 Å². The van der Waals surface area contributed by atoms with Crippen LogP contribution < -0.4 is 9.47 Å². The van der Waals surface area contributed by atoms with Crippen LogP contribution in [-0.2, 0) is 6.42 Å². The molecule has 2 N–H and O–H groups in total. The Morgan fingerprint density at radius 1 is 1.00 bits per heavy atom. The van der Waals surface area contributed by atoms with E-state index in [1.807, 2.05) is 13.8 Å². The van der Waals surface area contributed by atoms with Crippen molar-refractivity contribution in [2.45, 2.75) is 26.7 Å². The molecule has 0 bridgehead atoms. The van der Waals surface area contributed by atoms with Crippen LogP contribution in [0.5, 0.6) is 17.2 Å². The number of ether oxygens (including phenoxy) is 2. The fourth-order valence-electron chi connectivity index (χ4n) is 2.14. The number of aliphatic hydroxyl groups is 1. The molecule has 4 heteroatoms. The number of rotatable bonds is 5. The van der Waals surface area contributed by atoms with Crippen LogP contribution >= 0.6 is 0 Å². The van der Waals surface area contributed by atoms with Gasteiger partial charge in [0.15, 0.2) is 11.5 Å². The van der Waals surface area contributed by atoms with E-state index in [0.29, 0.717) is 17.9 Å². The average Bonchev–Trinajstić information content (AvgIpc) is 2.30. The van der Waals surface area contributed by atoms with Gasteiger partial charge in [0.2, 0.25) is 5.75 Å².